The number of anilines is 1. The molecule has 3 rings (SSSR count). The highest BCUT2D eigenvalue weighted by Crippen LogP contribution is 2.19. The second kappa shape index (κ2) is 6.36. The van der Waals surface area contributed by atoms with Crippen molar-refractivity contribution in [3.05, 3.63) is 71.6 Å². The van der Waals surface area contributed by atoms with Gasteiger partial charge in [-0.2, -0.15) is 0 Å². The maximum Gasteiger partial charge on any atom is 0.273 e. The third-order valence-electron chi connectivity index (χ3n) is 3.43. The molecule has 0 bridgehead atoms. The van der Waals surface area contributed by atoms with Gasteiger partial charge in [0.2, 0.25) is 5.89 Å². The number of nitrogens with one attached hydrogen (secondary N) is 1. The maximum absolute atomic E-state index is 12.1. The summed E-state index contributed by atoms with van der Waals surface area (Å²) in [5.74, 6) is 0.127. The van der Waals surface area contributed by atoms with Crippen molar-refractivity contribution >= 4 is 11.6 Å². The lowest BCUT2D eigenvalue weighted by molar-refractivity contribution is 0.0946. The molecule has 1 aromatic heterocycles. The SMILES string of the molecule is Cc1cccc(CNC(=O)c2coc(-c3ccc(N)cc3)n2)c1. The Bertz CT molecular complexity index is 822. The predicted octanol–water partition coefficient (Wildman–Crippen LogP) is 3.16. The smallest absolute Gasteiger partial charge is 0.273 e. The second-order valence-electron chi connectivity index (χ2n) is 5.33. The topological polar surface area (TPSA) is 81.2 Å². The molecule has 0 aliphatic rings. The van der Waals surface area contributed by atoms with Gasteiger partial charge < -0.3 is 15.5 Å². The molecule has 2 aromatic carbocycles. The zero-order valence-corrected chi connectivity index (χ0v) is 12.7. The largest absolute Gasteiger partial charge is 0.444 e. The van der Waals surface area contributed by atoms with Crippen molar-refractivity contribution in [3.8, 4) is 11.5 Å². The monoisotopic (exact) mass is 307 g/mol. The average molecular weight is 307 g/mol. The first-order chi connectivity index (χ1) is 11.1. The van der Waals surface area contributed by atoms with Crippen molar-refractivity contribution in [3.63, 3.8) is 0 Å². The Morgan fingerprint density at radius 2 is 2.00 bits per heavy atom. The zero-order chi connectivity index (χ0) is 16.2. The van der Waals surface area contributed by atoms with Crippen LogP contribution >= 0.6 is 0 Å². The zero-order valence-electron chi connectivity index (χ0n) is 12.7. The van der Waals surface area contributed by atoms with Crippen LogP contribution in [0.15, 0.2) is 59.2 Å². The number of aryl methyl sites for hydroxylation is 1. The number of hydrogen-bond donors (Lipinski definition) is 2. The van der Waals surface area contributed by atoms with Gasteiger partial charge in [-0.15, -0.1) is 0 Å². The number of rotatable bonds is 4. The molecule has 3 aromatic rings. The lowest BCUT2D eigenvalue weighted by atomic mass is 10.1. The molecule has 1 heterocycles. The van der Waals surface area contributed by atoms with Crippen LogP contribution in [0.3, 0.4) is 0 Å². The van der Waals surface area contributed by atoms with E-state index < -0.39 is 0 Å². The first-order valence-corrected chi connectivity index (χ1v) is 7.27. The Morgan fingerprint density at radius 3 is 2.74 bits per heavy atom. The molecule has 0 saturated carbocycles. The second-order valence-corrected chi connectivity index (χ2v) is 5.33. The fraction of sp³-hybridized carbons (Fsp3) is 0.111. The van der Waals surface area contributed by atoms with Crippen molar-refractivity contribution in [2.45, 2.75) is 13.5 Å². The molecule has 5 heteroatoms. The molecule has 116 valence electrons. The molecule has 23 heavy (non-hydrogen) atoms. The molecule has 0 radical (unpaired) electrons. The molecule has 0 fully saturated rings. The van der Waals surface area contributed by atoms with Crippen molar-refractivity contribution in [2.24, 2.45) is 0 Å². The van der Waals surface area contributed by atoms with Crippen molar-refractivity contribution < 1.29 is 9.21 Å². The summed E-state index contributed by atoms with van der Waals surface area (Å²) in [4.78, 5) is 16.4. The Kier molecular flexibility index (Phi) is 4.10. The summed E-state index contributed by atoms with van der Waals surface area (Å²) < 4.78 is 5.37. The summed E-state index contributed by atoms with van der Waals surface area (Å²) in [6.07, 6.45) is 1.36. The number of aromatic nitrogens is 1. The van der Waals surface area contributed by atoms with Crippen molar-refractivity contribution in [1.29, 1.82) is 0 Å². The van der Waals surface area contributed by atoms with Gasteiger partial charge in [-0.3, -0.25) is 4.79 Å². The lowest BCUT2D eigenvalue weighted by Gasteiger charge is -2.04. The Balaban J connectivity index is 1.67. The summed E-state index contributed by atoms with van der Waals surface area (Å²) >= 11 is 0. The minimum Gasteiger partial charge on any atom is -0.444 e. The van der Waals surface area contributed by atoms with Gasteiger partial charge in [-0.1, -0.05) is 29.8 Å². The molecule has 0 aliphatic heterocycles. The Hall–Kier alpha value is -3.08. The van der Waals surface area contributed by atoms with E-state index in [1.165, 1.54) is 6.26 Å². The van der Waals surface area contributed by atoms with Gasteiger partial charge in [0.05, 0.1) is 0 Å². The summed E-state index contributed by atoms with van der Waals surface area (Å²) in [6.45, 7) is 2.46. The van der Waals surface area contributed by atoms with E-state index in [1.807, 2.05) is 31.2 Å². The fourth-order valence-electron chi connectivity index (χ4n) is 2.23. The van der Waals surface area contributed by atoms with Crippen LogP contribution in [0.25, 0.3) is 11.5 Å². The van der Waals surface area contributed by atoms with E-state index in [4.69, 9.17) is 10.2 Å². The van der Waals surface area contributed by atoms with E-state index in [0.29, 0.717) is 18.1 Å². The van der Waals surface area contributed by atoms with Gasteiger partial charge in [0, 0.05) is 17.8 Å². The van der Waals surface area contributed by atoms with Gasteiger partial charge in [0.1, 0.15) is 6.26 Å². The molecule has 0 spiro atoms. The average Bonchev–Trinajstić information content (AvgIpc) is 3.03. The summed E-state index contributed by atoms with van der Waals surface area (Å²) in [7, 11) is 0. The van der Waals surface area contributed by atoms with Gasteiger partial charge in [0.25, 0.3) is 5.91 Å². The fourth-order valence-corrected chi connectivity index (χ4v) is 2.23. The Morgan fingerprint density at radius 1 is 1.22 bits per heavy atom. The molecule has 0 atom stereocenters. The normalized spacial score (nSPS) is 10.5. The first-order valence-electron chi connectivity index (χ1n) is 7.27. The van der Waals surface area contributed by atoms with Crippen LogP contribution in [0.1, 0.15) is 21.6 Å². The van der Waals surface area contributed by atoms with E-state index in [9.17, 15) is 4.79 Å². The number of nitrogen functional groups attached to an aromatic ring is 1. The number of carbonyl (C=O) groups excluding carboxylic acids is 1. The van der Waals surface area contributed by atoms with Gasteiger partial charge in [-0.25, -0.2) is 4.98 Å². The van der Waals surface area contributed by atoms with Crippen LogP contribution in [-0.2, 0) is 6.54 Å². The van der Waals surface area contributed by atoms with E-state index >= 15 is 0 Å². The standard InChI is InChI=1S/C18H17N3O2/c1-12-3-2-4-13(9-12)10-20-17(22)16-11-23-18(21-16)14-5-7-15(19)8-6-14/h2-9,11H,10,19H2,1H3,(H,20,22). The number of benzene rings is 2. The number of oxazole rings is 1. The van der Waals surface area contributed by atoms with E-state index in [0.717, 1.165) is 16.7 Å². The highest BCUT2D eigenvalue weighted by molar-refractivity contribution is 5.92. The Labute approximate surface area is 134 Å². The number of nitrogens with two attached hydrogens (primary N) is 1. The summed E-state index contributed by atoms with van der Waals surface area (Å²) in [6, 6.07) is 15.1. The molecular formula is C18H17N3O2. The number of hydrogen-bond acceptors (Lipinski definition) is 4. The maximum atomic E-state index is 12.1. The number of amides is 1. The molecule has 0 unspecified atom stereocenters. The molecule has 3 N–H and O–H groups in total. The van der Waals surface area contributed by atoms with E-state index in [2.05, 4.69) is 10.3 Å². The van der Waals surface area contributed by atoms with Gasteiger partial charge >= 0.3 is 0 Å². The molecular weight excluding hydrogens is 290 g/mol. The van der Waals surface area contributed by atoms with Crippen molar-refractivity contribution in [2.75, 3.05) is 5.73 Å². The predicted molar refractivity (Wildman–Crippen MR) is 88.7 cm³/mol. The van der Waals surface area contributed by atoms with Gasteiger partial charge in [-0.05, 0) is 36.8 Å². The number of nitrogens with zero attached hydrogens (tertiary/aromatic N) is 1. The molecule has 0 saturated heterocycles. The van der Waals surface area contributed by atoms with Crippen LogP contribution in [0, 0.1) is 6.92 Å². The van der Waals surface area contributed by atoms with Crippen LogP contribution in [0.4, 0.5) is 5.69 Å². The van der Waals surface area contributed by atoms with Crippen LogP contribution in [0.2, 0.25) is 0 Å². The minimum atomic E-state index is -0.267. The van der Waals surface area contributed by atoms with Crippen LogP contribution in [0.5, 0.6) is 0 Å². The minimum absolute atomic E-state index is 0.254. The van der Waals surface area contributed by atoms with Crippen molar-refractivity contribution in [1.82, 2.24) is 10.3 Å². The quantitative estimate of drug-likeness (QED) is 0.725. The molecule has 0 aliphatic carbocycles. The number of carbonyl (C=O) groups is 1. The highest BCUT2D eigenvalue weighted by Gasteiger charge is 2.13. The highest BCUT2D eigenvalue weighted by atomic mass is 16.3. The van der Waals surface area contributed by atoms with E-state index in [-0.39, 0.29) is 11.6 Å². The third-order valence-corrected chi connectivity index (χ3v) is 3.43. The third kappa shape index (κ3) is 3.58. The van der Waals surface area contributed by atoms with Crippen LogP contribution < -0.4 is 11.1 Å². The lowest BCUT2D eigenvalue weighted by Crippen LogP contribution is -2.23. The molecule has 1 amide bonds. The van der Waals surface area contributed by atoms with E-state index in [1.54, 1.807) is 24.3 Å². The van der Waals surface area contributed by atoms with Crippen LogP contribution in [-0.4, -0.2) is 10.9 Å². The summed E-state index contributed by atoms with van der Waals surface area (Å²) in [5, 5.41) is 2.83. The summed E-state index contributed by atoms with van der Waals surface area (Å²) in [5.41, 5.74) is 9.54. The molecule has 5 nitrogen and oxygen atoms in total. The van der Waals surface area contributed by atoms with Gasteiger partial charge in [0.15, 0.2) is 5.69 Å². The first kappa shape index (κ1) is 14.8.